The van der Waals surface area contributed by atoms with Crippen molar-refractivity contribution in [2.75, 3.05) is 13.7 Å². The van der Waals surface area contributed by atoms with Crippen LogP contribution in [0.4, 0.5) is 0 Å². The second-order valence-electron chi connectivity index (χ2n) is 5.97. The summed E-state index contributed by atoms with van der Waals surface area (Å²) in [6.45, 7) is 3.35. The number of ether oxygens (including phenoxy) is 4. The van der Waals surface area contributed by atoms with E-state index < -0.39 is 47.9 Å². The third-order valence-electron chi connectivity index (χ3n) is 4.58. The van der Waals surface area contributed by atoms with E-state index in [0.29, 0.717) is 6.42 Å². The van der Waals surface area contributed by atoms with Crippen LogP contribution in [0.2, 0.25) is 0 Å². The Kier molecular flexibility index (Phi) is 5.03. The lowest BCUT2D eigenvalue weighted by atomic mass is 9.78. The minimum Gasteiger partial charge on any atom is -0.469 e. The van der Waals surface area contributed by atoms with Crippen molar-refractivity contribution in [3.8, 4) is 0 Å². The molecule has 3 aliphatic heterocycles. The minimum atomic E-state index is -0.662. The highest BCUT2D eigenvalue weighted by Gasteiger charge is 2.71. The van der Waals surface area contributed by atoms with Gasteiger partial charge in [0.25, 0.3) is 0 Å². The fourth-order valence-corrected chi connectivity index (χ4v) is 5.53. The zero-order chi connectivity index (χ0) is 18.1. The number of carbonyl (C=O) groups is 4. The van der Waals surface area contributed by atoms with Crippen LogP contribution in [-0.2, 0) is 38.1 Å². The Morgan fingerprint density at radius 1 is 1.32 bits per heavy atom. The summed E-state index contributed by atoms with van der Waals surface area (Å²) in [7, 11) is 1.27. The summed E-state index contributed by atoms with van der Waals surface area (Å²) in [4.78, 5) is 47.0. The van der Waals surface area contributed by atoms with Crippen molar-refractivity contribution in [3.63, 3.8) is 0 Å². The maximum atomic E-state index is 12.0. The van der Waals surface area contributed by atoms with Gasteiger partial charge in [0.2, 0.25) is 0 Å². The SMILES string of the molecule is C=CC(=O)OCCCC(=O)OC1C2OC(=O)C3C2SC1C3C(=O)OC. The van der Waals surface area contributed by atoms with Crippen LogP contribution >= 0.6 is 11.8 Å². The molecule has 3 rings (SSSR count). The van der Waals surface area contributed by atoms with Crippen LogP contribution in [0.25, 0.3) is 0 Å². The maximum Gasteiger partial charge on any atom is 0.330 e. The lowest BCUT2D eigenvalue weighted by Crippen LogP contribution is -2.47. The van der Waals surface area contributed by atoms with Crippen LogP contribution in [0, 0.1) is 11.8 Å². The molecule has 3 aliphatic rings. The van der Waals surface area contributed by atoms with Crippen LogP contribution in [0.15, 0.2) is 12.7 Å². The van der Waals surface area contributed by atoms with E-state index in [-0.39, 0.29) is 23.5 Å². The first-order chi connectivity index (χ1) is 12.0. The van der Waals surface area contributed by atoms with E-state index in [2.05, 4.69) is 6.58 Å². The molecule has 0 radical (unpaired) electrons. The Morgan fingerprint density at radius 3 is 2.76 bits per heavy atom. The summed E-state index contributed by atoms with van der Waals surface area (Å²) in [5.41, 5.74) is 0. The fourth-order valence-electron chi connectivity index (χ4n) is 3.53. The number of hydrogen-bond acceptors (Lipinski definition) is 9. The molecule has 8 nitrogen and oxygen atoms in total. The van der Waals surface area contributed by atoms with Gasteiger partial charge in [-0.3, -0.25) is 14.4 Å². The van der Waals surface area contributed by atoms with Crippen LogP contribution in [0.1, 0.15) is 12.8 Å². The first-order valence-corrected chi connectivity index (χ1v) is 8.84. The van der Waals surface area contributed by atoms with E-state index in [1.165, 1.54) is 18.9 Å². The van der Waals surface area contributed by atoms with Gasteiger partial charge in [0, 0.05) is 12.5 Å². The van der Waals surface area contributed by atoms with Crippen molar-refractivity contribution in [1.82, 2.24) is 0 Å². The summed E-state index contributed by atoms with van der Waals surface area (Å²) in [5, 5.41) is -0.533. The molecule has 3 saturated heterocycles. The standard InChI is InChI=1S/C16H18O8S/c1-3-7(17)22-6-4-5-8(18)23-11-12-14-10(16(20)24-12)9(13(11)25-14)15(19)21-2/h3,9-14H,1,4-6H2,2H3. The number of rotatable bonds is 7. The molecule has 0 aliphatic carbocycles. The predicted molar refractivity (Wildman–Crippen MR) is 84.3 cm³/mol. The molecule has 0 amide bonds. The van der Waals surface area contributed by atoms with Crippen LogP contribution < -0.4 is 0 Å². The minimum absolute atomic E-state index is 0.0515. The molecule has 0 spiro atoms. The monoisotopic (exact) mass is 370 g/mol. The largest absolute Gasteiger partial charge is 0.469 e. The number of esters is 4. The number of carbonyl (C=O) groups excluding carboxylic acids is 4. The highest BCUT2D eigenvalue weighted by atomic mass is 32.2. The molecule has 3 fully saturated rings. The van der Waals surface area contributed by atoms with E-state index in [9.17, 15) is 19.2 Å². The molecule has 0 aromatic heterocycles. The van der Waals surface area contributed by atoms with Crippen molar-refractivity contribution >= 4 is 35.6 Å². The predicted octanol–water partition coefficient (Wildman–Crippen LogP) is 0.236. The molecule has 0 aromatic carbocycles. The number of methoxy groups -OCH3 is 1. The molecular weight excluding hydrogens is 352 g/mol. The molecule has 0 N–H and O–H groups in total. The van der Waals surface area contributed by atoms with Gasteiger partial charge >= 0.3 is 23.9 Å². The first kappa shape index (κ1) is 17.8. The van der Waals surface area contributed by atoms with Crippen molar-refractivity contribution in [3.05, 3.63) is 12.7 Å². The van der Waals surface area contributed by atoms with Gasteiger partial charge in [-0.25, -0.2) is 4.79 Å². The fraction of sp³-hybridized carbons (Fsp3) is 0.625. The van der Waals surface area contributed by atoms with Crippen molar-refractivity contribution in [2.24, 2.45) is 11.8 Å². The van der Waals surface area contributed by atoms with Gasteiger partial charge < -0.3 is 18.9 Å². The molecule has 3 heterocycles. The average Bonchev–Trinajstić information content (AvgIpc) is 3.21. The summed E-state index contributed by atoms with van der Waals surface area (Å²) in [6, 6.07) is 0. The second-order valence-corrected chi connectivity index (χ2v) is 7.33. The van der Waals surface area contributed by atoms with Crippen LogP contribution in [-0.4, -0.2) is 60.3 Å². The van der Waals surface area contributed by atoms with Gasteiger partial charge in [-0.15, -0.1) is 11.8 Å². The van der Waals surface area contributed by atoms with E-state index >= 15 is 0 Å². The lowest BCUT2D eigenvalue weighted by Gasteiger charge is -2.28. The molecular formula is C16H18O8S. The third-order valence-corrected chi connectivity index (χ3v) is 6.33. The molecule has 0 aromatic rings. The van der Waals surface area contributed by atoms with E-state index in [1.807, 2.05) is 0 Å². The van der Waals surface area contributed by atoms with Crippen molar-refractivity contribution in [1.29, 1.82) is 0 Å². The topological polar surface area (TPSA) is 105 Å². The Hall–Kier alpha value is -2.03. The molecule has 6 unspecified atom stereocenters. The van der Waals surface area contributed by atoms with Gasteiger partial charge in [0.15, 0.2) is 12.2 Å². The lowest BCUT2D eigenvalue weighted by molar-refractivity contribution is -0.161. The Labute approximate surface area is 148 Å². The van der Waals surface area contributed by atoms with Gasteiger partial charge in [0.05, 0.1) is 36.1 Å². The molecule has 9 heteroatoms. The summed E-state index contributed by atoms with van der Waals surface area (Å²) < 4.78 is 20.4. The summed E-state index contributed by atoms with van der Waals surface area (Å²) in [6.07, 6.45) is 0.222. The average molecular weight is 370 g/mol. The van der Waals surface area contributed by atoms with Gasteiger partial charge in [-0.05, 0) is 6.42 Å². The van der Waals surface area contributed by atoms with Gasteiger partial charge in [-0.2, -0.15) is 0 Å². The van der Waals surface area contributed by atoms with Gasteiger partial charge in [-0.1, -0.05) is 6.58 Å². The summed E-state index contributed by atoms with van der Waals surface area (Å²) >= 11 is 1.45. The Morgan fingerprint density at radius 2 is 2.08 bits per heavy atom. The quantitative estimate of drug-likeness (QED) is 0.270. The number of fused-ring (bicyclic) bond motifs is 1. The first-order valence-electron chi connectivity index (χ1n) is 7.90. The van der Waals surface area contributed by atoms with E-state index in [1.54, 1.807) is 0 Å². The van der Waals surface area contributed by atoms with Crippen LogP contribution in [0.5, 0.6) is 0 Å². The Balaban J connectivity index is 1.57. The van der Waals surface area contributed by atoms with Crippen molar-refractivity contribution in [2.45, 2.75) is 35.5 Å². The smallest absolute Gasteiger partial charge is 0.330 e. The molecule has 0 saturated carbocycles. The number of hydrogen-bond donors (Lipinski definition) is 0. The maximum absolute atomic E-state index is 12.0. The highest BCUT2D eigenvalue weighted by Crippen LogP contribution is 2.59. The third kappa shape index (κ3) is 3.12. The number of thioether (sulfide) groups is 1. The van der Waals surface area contributed by atoms with Gasteiger partial charge in [0.1, 0.15) is 0 Å². The van der Waals surface area contributed by atoms with Crippen LogP contribution in [0.3, 0.4) is 0 Å². The van der Waals surface area contributed by atoms with E-state index in [0.717, 1.165) is 6.08 Å². The second kappa shape index (κ2) is 7.07. The zero-order valence-electron chi connectivity index (χ0n) is 13.5. The molecule has 6 atom stereocenters. The van der Waals surface area contributed by atoms with E-state index in [4.69, 9.17) is 18.9 Å². The van der Waals surface area contributed by atoms with Crippen molar-refractivity contribution < 1.29 is 38.1 Å². The highest BCUT2D eigenvalue weighted by molar-refractivity contribution is 8.01. The molecule has 136 valence electrons. The molecule has 25 heavy (non-hydrogen) atoms. The Bertz CT molecular complexity index is 617. The summed E-state index contributed by atoms with van der Waals surface area (Å²) in [5.74, 6) is -3.15. The molecule has 2 bridgehead atoms. The normalized spacial score (nSPS) is 34.4. The zero-order valence-corrected chi connectivity index (χ0v) is 14.4.